The SMILES string of the molecule is COc1ccc(N2CCN(C(=O)C3C[C@H](O)CN3)[C@@H](Cc3ccccc3)C2)cc1OC1CCCC1. The number of nitrogens with one attached hydrogen (secondary N) is 1. The first-order valence-electron chi connectivity index (χ1n) is 13.0. The number of aliphatic hydroxyl groups is 1. The van der Waals surface area contributed by atoms with Crippen LogP contribution < -0.4 is 19.7 Å². The van der Waals surface area contributed by atoms with Crippen LogP contribution in [0, 0.1) is 0 Å². The molecule has 1 aliphatic carbocycles. The number of benzene rings is 2. The van der Waals surface area contributed by atoms with Crippen molar-refractivity contribution in [2.75, 3.05) is 38.2 Å². The number of anilines is 1. The topological polar surface area (TPSA) is 74.3 Å². The van der Waals surface area contributed by atoms with E-state index in [1.165, 1.54) is 18.4 Å². The Morgan fingerprint density at radius 1 is 1.09 bits per heavy atom. The fourth-order valence-electron chi connectivity index (χ4n) is 5.69. The van der Waals surface area contributed by atoms with E-state index >= 15 is 0 Å². The summed E-state index contributed by atoms with van der Waals surface area (Å²) in [6, 6.07) is 16.3. The Hall–Kier alpha value is -2.77. The van der Waals surface area contributed by atoms with E-state index < -0.39 is 6.10 Å². The molecule has 188 valence electrons. The molecule has 3 atom stereocenters. The molecule has 0 bridgehead atoms. The molecular weight excluding hydrogens is 442 g/mol. The average molecular weight is 480 g/mol. The van der Waals surface area contributed by atoms with E-state index in [4.69, 9.17) is 9.47 Å². The summed E-state index contributed by atoms with van der Waals surface area (Å²) < 4.78 is 11.9. The quantitative estimate of drug-likeness (QED) is 0.636. The van der Waals surface area contributed by atoms with Gasteiger partial charge in [0, 0.05) is 37.9 Å². The van der Waals surface area contributed by atoms with Gasteiger partial charge < -0.3 is 29.7 Å². The highest BCUT2D eigenvalue weighted by atomic mass is 16.5. The Bertz CT molecular complexity index is 995. The second-order valence-electron chi connectivity index (χ2n) is 10.0. The molecule has 0 spiro atoms. The van der Waals surface area contributed by atoms with Crippen molar-refractivity contribution in [2.45, 2.75) is 62.8 Å². The van der Waals surface area contributed by atoms with Crippen molar-refractivity contribution in [3.63, 3.8) is 0 Å². The van der Waals surface area contributed by atoms with Crippen molar-refractivity contribution in [1.29, 1.82) is 0 Å². The van der Waals surface area contributed by atoms with Crippen LogP contribution in [0.2, 0.25) is 0 Å². The molecule has 2 heterocycles. The summed E-state index contributed by atoms with van der Waals surface area (Å²) in [6.07, 6.45) is 5.71. The Balaban J connectivity index is 1.35. The van der Waals surface area contributed by atoms with E-state index in [0.717, 1.165) is 49.5 Å². The number of aliphatic hydroxyl groups excluding tert-OH is 1. The van der Waals surface area contributed by atoms with E-state index in [-0.39, 0.29) is 24.1 Å². The number of carbonyl (C=O) groups excluding carboxylic acids is 1. The van der Waals surface area contributed by atoms with Crippen LogP contribution in [0.1, 0.15) is 37.7 Å². The van der Waals surface area contributed by atoms with Crippen LogP contribution in [0.3, 0.4) is 0 Å². The van der Waals surface area contributed by atoms with Crippen LogP contribution in [-0.4, -0.2) is 73.5 Å². The first-order chi connectivity index (χ1) is 17.1. The molecule has 0 radical (unpaired) electrons. The molecule has 2 N–H and O–H groups in total. The molecule has 35 heavy (non-hydrogen) atoms. The average Bonchev–Trinajstić information content (AvgIpc) is 3.56. The fraction of sp³-hybridized carbons (Fsp3) is 0.536. The number of amides is 1. The summed E-state index contributed by atoms with van der Waals surface area (Å²) in [4.78, 5) is 17.8. The highest BCUT2D eigenvalue weighted by molar-refractivity contribution is 5.83. The number of rotatable bonds is 7. The zero-order chi connectivity index (χ0) is 24.2. The Morgan fingerprint density at radius 3 is 2.60 bits per heavy atom. The lowest BCUT2D eigenvalue weighted by molar-refractivity contribution is -0.136. The van der Waals surface area contributed by atoms with Gasteiger partial charge in [-0.05, 0) is 56.2 Å². The Morgan fingerprint density at radius 2 is 1.89 bits per heavy atom. The van der Waals surface area contributed by atoms with Gasteiger partial charge in [-0.25, -0.2) is 0 Å². The van der Waals surface area contributed by atoms with Crippen molar-refractivity contribution in [2.24, 2.45) is 0 Å². The van der Waals surface area contributed by atoms with Crippen LogP contribution in [-0.2, 0) is 11.2 Å². The van der Waals surface area contributed by atoms with E-state index in [1.54, 1.807) is 7.11 Å². The van der Waals surface area contributed by atoms with Gasteiger partial charge >= 0.3 is 0 Å². The van der Waals surface area contributed by atoms with Gasteiger partial charge in [-0.3, -0.25) is 4.79 Å². The maximum atomic E-state index is 13.4. The van der Waals surface area contributed by atoms with Crippen LogP contribution in [0.4, 0.5) is 5.69 Å². The van der Waals surface area contributed by atoms with Gasteiger partial charge in [-0.2, -0.15) is 0 Å². The van der Waals surface area contributed by atoms with Gasteiger partial charge in [0.05, 0.1) is 31.4 Å². The van der Waals surface area contributed by atoms with Crippen molar-refractivity contribution < 1.29 is 19.4 Å². The van der Waals surface area contributed by atoms with Crippen molar-refractivity contribution in [1.82, 2.24) is 10.2 Å². The van der Waals surface area contributed by atoms with Gasteiger partial charge in [-0.1, -0.05) is 30.3 Å². The normalized spacial score (nSPS) is 25.1. The monoisotopic (exact) mass is 479 g/mol. The lowest BCUT2D eigenvalue weighted by Gasteiger charge is -2.43. The largest absolute Gasteiger partial charge is 0.493 e. The number of nitrogens with zero attached hydrogens (tertiary/aromatic N) is 2. The zero-order valence-corrected chi connectivity index (χ0v) is 20.6. The predicted octanol–water partition coefficient (Wildman–Crippen LogP) is 3.00. The predicted molar refractivity (Wildman–Crippen MR) is 136 cm³/mol. The minimum absolute atomic E-state index is 0.0412. The van der Waals surface area contributed by atoms with Crippen LogP contribution >= 0.6 is 0 Å². The third-order valence-electron chi connectivity index (χ3n) is 7.59. The molecule has 0 aromatic heterocycles. The van der Waals surface area contributed by atoms with Crippen molar-refractivity contribution in [3.8, 4) is 11.5 Å². The first-order valence-corrected chi connectivity index (χ1v) is 13.0. The van der Waals surface area contributed by atoms with Gasteiger partial charge in [0.2, 0.25) is 5.91 Å². The number of β-amino-alcohol motifs (C(OH)–C–C–N with tert-alkyl or cyclic N) is 1. The van der Waals surface area contributed by atoms with Gasteiger partial charge in [0.25, 0.3) is 0 Å². The lowest BCUT2D eigenvalue weighted by atomic mass is 10.00. The van der Waals surface area contributed by atoms with Gasteiger partial charge in [-0.15, -0.1) is 0 Å². The molecule has 3 aliphatic rings. The second-order valence-corrected chi connectivity index (χ2v) is 10.0. The molecular formula is C28H37N3O4. The third kappa shape index (κ3) is 5.57. The van der Waals surface area contributed by atoms with Gasteiger partial charge in [0.15, 0.2) is 11.5 Å². The van der Waals surface area contributed by atoms with Crippen molar-refractivity contribution in [3.05, 3.63) is 54.1 Å². The molecule has 1 amide bonds. The number of hydrogen-bond acceptors (Lipinski definition) is 6. The standard InChI is InChI=1S/C28H37N3O4/c1-34-26-12-11-21(16-27(26)35-24-9-5-6-10-24)30-13-14-31(28(33)25-17-23(32)18-29-25)22(19-30)15-20-7-3-2-4-8-20/h2-4,7-8,11-12,16,22-25,29,32H,5-6,9-10,13-15,17-19H2,1H3/t22-,23-,25?/m0/s1. The van der Waals surface area contributed by atoms with Crippen molar-refractivity contribution >= 4 is 11.6 Å². The van der Waals surface area contributed by atoms with Gasteiger partial charge in [0.1, 0.15) is 0 Å². The molecule has 1 saturated carbocycles. The molecule has 7 heteroatoms. The maximum Gasteiger partial charge on any atom is 0.240 e. The minimum Gasteiger partial charge on any atom is -0.493 e. The van der Waals surface area contributed by atoms with Crippen LogP contribution in [0.15, 0.2) is 48.5 Å². The molecule has 2 aromatic rings. The summed E-state index contributed by atoms with van der Waals surface area (Å²) >= 11 is 0. The van der Waals surface area contributed by atoms with E-state index in [0.29, 0.717) is 19.5 Å². The van der Waals surface area contributed by atoms with E-state index in [9.17, 15) is 9.90 Å². The molecule has 2 aromatic carbocycles. The third-order valence-corrected chi connectivity index (χ3v) is 7.59. The summed E-state index contributed by atoms with van der Waals surface area (Å²) in [5.74, 6) is 1.67. The number of carbonyl (C=O) groups is 1. The van der Waals surface area contributed by atoms with E-state index in [2.05, 4.69) is 34.5 Å². The molecule has 1 unspecified atom stereocenters. The first kappa shape index (κ1) is 23.9. The highest BCUT2D eigenvalue weighted by Crippen LogP contribution is 2.36. The zero-order valence-electron chi connectivity index (χ0n) is 20.6. The minimum atomic E-state index is -0.449. The summed E-state index contributed by atoms with van der Waals surface area (Å²) in [7, 11) is 1.69. The Kier molecular flexibility index (Phi) is 7.44. The summed E-state index contributed by atoms with van der Waals surface area (Å²) in [6.45, 7) is 2.62. The smallest absolute Gasteiger partial charge is 0.240 e. The highest BCUT2D eigenvalue weighted by Gasteiger charge is 2.37. The number of hydrogen-bond donors (Lipinski definition) is 2. The molecule has 3 fully saturated rings. The number of methoxy groups -OCH3 is 1. The number of ether oxygens (including phenoxy) is 2. The van der Waals surface area contributed by atoms with Crippen LogP contribution in [0.5, 0.6) is 11.5 Å². The lowest BCUT2D eigenvalue weighted by Crippen LogP contribution is -2.59. The second kappa shape index (κ2) is 10.9. The Labute approximate surface area is 208 Å². The molecule has 7 nitrogen and oxygen atoms in total. The number of piperazine rings is 1. The molecule has 2 aliphatic heterocycles. The summed E-state index contributed by atoms with van der Waals surface area (Å²) in [5, 5.41) is 13.1. The van der Waals surface area contributed by atoms with E-state index in [1.807, 2.05) is 29.2 Å². The molecule has 2 saturated heterocycles. The molecule has 5 rings (SSSR count). The fourth-order valence-corrected chi connectivity index (χ4v) is 5.69. The van der Waals surface area contributed by atoms with Crippen LogP contribution in [0.25, 0.3) is 0 Å². The summed E-state index contributed by atoms with van der Waals surface area (Å²) in [5.41, 5.74) is 2.31. The maximum absolute atomic E-state index is 13.4.